The van der Waals surface area contributed by atoms with Gasteiger partial charge in [-0.2, -0.15) is 0 Å². The summed E-state index contributed by atoms with van der Waals surface area (Å²) in [4.78, 5) is 11.3. The average Bonchev–Trinajstić information content (AvgIpc) is 3.18. The highest BCUT2D eigenvalue weighted by molar-refractivity contribution is 5.70. The Hall–Kier alpha value is -0.910. The molecule has 4 fully saturated rings. The van der Waals surface area contributed by atoms with Crippen molar-refractivity contribution in [2.24, 2.45) is 58.7 Å². The van der Waals surface area contributed by atoms with Crippen LogP contribution in [0.2, 0.25) is 0 Å². The Labute approximate surface area is 193 Å². The van der Waals surface area contributed by atoms with Crippen LogP contribution in [0.5, 0.6) is 0 Å². The Bertz CT molecular complexity index is 721. The number of aliphatic carboxylic acids is 1. The molecule has 4 N–H and O–H groups in total. The highest BCUT2D eigenvalue weighted by atomic mass is 16.4. The van der Waals surface area contributed by atoms with Gasteiger partial charge in [0.2, 0.25) is 0 Å². The second kappa shape index (κ2) is 9.03. The summed E-state index contributed by atoms with van der Waals surface area (Å²) in [5.41, 5.74) is 0.112. The standard InChI is InChI=1S/C27H44O5/c1-14(16(3)26(31)32)5-6-15(2)19-7-8-20-24(19)23(30)13-21-25(20)22(29)12-17-11-18(28)9-10-27(17,21)4/h5-6,14-25,28-30H,7-13H2,1-4H3,(H,31,32). The van der Waals surface area contributed by atoms with E-state index in [2.05, 4.69) is 19.9 Å². The van der Waals surface area contributed by atoms with Gasteiger partial charge in [-0.15, -0.1) is 0 Å². The van der Waals surface area contributed by atoms with Crippen LogP contribution in [0, 0.1) is 58.7 Å². The second-order valence-corrected chi connectivity index (χ2v) is 12.1. The Morgan fingerprint density at radius 1 is 0.938 bits per heavy atom. The van der Waals surface area contributed by atoms with Gasteiger partial charge in [-0.25, -0.2) is 0 Å². The third-order valence-corrected chi connectivity index (χ3v) is 10.6. The molecule has 4 aliphatic rings. The van der Waals surface area contributed by atoms with Gasteiger partial charge < -0.3 is 20.4 Å². The van der Waals surface area contributed by atoms with Crippen molar-refractivity contribution in [2.75, 3.05) is 0 Å². The summed E-state index contributed by atoms with van der Waals surface area (Å²) in [5.74, 6) is 0.988. The number of hydrogen-bond donors (Lipinski definition) is 4. The van der Waals surface area contributed by atoms with Gasteiger partial charge in [0.15, 0.2) is 0 Å². The van der Waals surface area contributed by atoms with E-state index >= 15 is 0 Å². The lowest BCUT2D eigenvalue weighted by Crippen LogP contribution is -2.59. The van der Waals surface area contributed by atoms with Crippen LogP contribution in [0.4, 0.5) is 0 Å². The molecule has 0 aromatic carbocycles. The lowest BCUT2D eigenvalue weighted by atomic mass is 9.45. The fraction of sp³-hybridized carbons (Fsp3) is 0.889. The fourth-order valence-electron chi connectivity index (χ4n) is 8.44. The Morgan fingerprint density at radius 2 is 1.62 bits per heavy atom. The molecule has 0 amide bonds. The lowest BCUT2D eigenvalue weighted by Gasteiger charge is -2.61. The summed E-state index contributed by atoms with van der Waals surface area (Å²) in [7, 11) is 0. The van der Waals surface area contributed by atoms with E-state index in [9.17, 15) is 25.2 Å². The number of allylic oxidation sites excluding steroid dienone is 2. The highest BCUT2D eigenvalue weighted by Gasteiger charge is 2.61. The van der Waals surface area contributed by atoms with Crippen LogP contribution in [0.3, 0.4) is 0 Å². The molecule has 0 aromatic rings. The first-order valence-corrected chi connectivity index (χ1v) is 13.0. The zero-order valence-electron chi connectivity index (χ0n) is 20.2. The van der Waals surface area contributed by atoms with E-state index in [0.29, 0.717) is 23.7 Å². The third-order valence-electron chi connectivity index (χ3n) is 10.6. The number of carboxylic acid groups (broad SMARTS) is 1. The van der Waals surface area contributed by atoms with E-state index < -0.39 is 11.9 Å². The molecule has 13 unspecified atom stereocenters. The van der Waals surface area contributed by atoms with Gasteiger partial charge in [0, 0.05) is 0 Å². The fourth-order valence-corrected chi connectivity index (χ4v) is 8.44. The van der Waals surface area contributed by atoms with Gasteiger partial charge in [-0.1, -0.05) is 39.8 Å². The Morgan fingerprint density at radius 3 is 2.31 bits per heavy atom. The molecule has 4 rings (SSSR count). The number of hydrogen-bond acceptors (Lipinski definition) is 4. The lowest BCUT2D eigenvalue weighted by molar-refractivity contribution is -0.181. The number of rotatable bonds is 5. The SMILES string of the molecule is CC(C=CC(C)C1CCC2C1C(O)CC1C2C(O)CC2CC(O)CCC21C)C(C)C(=O)O. The molecule has 0 radical (unpaired) electrons. The summed E-state index contributed by atoms with van der Waals surface area (Å²) < 4.78 is 0. The zero-order valence-corrected chi connectivity index (χ0v) is 20.2. The van der Waals surface area contributed by atoms with Crippen molar-refractivity contribution in [3.05, 3.63) is 12.2 Å². The molecule has 5 nitrogen and oxygen atoms in total. The molecule has 4 saturated carbocycles. The normalized spacial score (nSPS) is 49.0. The Kier molecular flexibility index (Phi) is 6.84. The summed E-state index contributed by atoms with van der Waals surface area (Å²) in [5, 5.41) is 42.1. The maximum Gasteiger partial charge on any atom is 0.306 e. The number of carbonyl (C=O) groups is 1. The van der Waals surface area contributed by atoms with Gasteiger partial charge >= 0.3 is 5.97 Å². The molecule has 4 aliphatic carbocycles. The predicted molar refractivity (Wildman–Crippen MR) is 124 cm³/mol. The largest absolute Gasteiger partial charge is 0.481 e. The molecule has 0 spiro atoms. The van der Waals surface area contributed by atoms with Crippen molar-refractivity contribution in [1.29, 1.82) is 0 Å². The van der Waals surface area contributed by atoms with Crippen LogP contribution < -0.4 is 0 Å². The molecule has 0 saturated heterocycles. The predicted octanol–water partition coefficient (Wildman–Crippen LogP) is 4.11. The number of carboxylic acids is 1. The van der Waals surface area contributed by atoms with Crippen LogP contribution in [0.15, 0.2) is 12.2 Å². The van der Waals surface area contributed by atoms with Crippen LogP contribution in [-0.2, 0) is 4.79 Å². The summed E-state index contributed by atoms with van der Waals surface area (Å²) >= 11 is 0. The molecule has 0 aliphatic heterocycles. The van der Waals surface area contributed by atoms with Crippen molar-refractivity contribution in [2.45, 2.75) is 91.0 Å². The molecule has 0 bridgehead atoms. The van der Waals surface area contributed by atoms with Gasteiger partial charge in [0.05, 0.1) is 24.2 Å². The minimum Gasteiger partial charge on any atom is -0.481 e. The van der Waals surface area contributed by atoms with Crippen molar-refractivity contribution >= 4 is 5.97 Å². The first-order chi connectivity index (χ1) is 15.0. The van der Waals surface area contributed by atoms with E-state index in [1.54, 1.807) is 6.92 Å². The average molecular weight is 449 g/mol. The first kappa shape index (κ1) is 24.2. The zero-order chi connectivity index (χ0) is 23.4. The maximum atomic E-state index is 11.4. The smallest absolute Gasteiger partial charge is 0.306 e. The van der Waals surface area contributed by atoms with Crippen LogP contribution in [0.25, 0.3) is 0 Å². The second-order valence-electron chi connectivity index (χ2n) is 12.1. The molecular formula is C27H44O5. The number of aliphatic hydroxyl groups is 3. The van der Waals surface area contributed by atoms with Crippen LogP contribution >= 0.6 is 0 Å². The van der Waals surface area contributed by atoms with Gasteiger partial charge in [-0.05, 0) is 97.7 Å². The molecule has 32 heavy (non-hydrogen) atoms. The van der Waals surface area contributed by atoms with Crippen molar-refractivity contribution in [3.8, 4) is 0 Å². The molecular weight excluding hydrogens is 404 g/mol. The maximum absolute atomic E-state index is 11.4. The minimum absolute atomic E-state index is 0.0217. The summed E-state index contributed by atoms with van der Waals surface area (Å²) in [6.45, 7) is 8.28. The summed E-state index contributed by atoms with van der Waals surface area (Å²) in [6, 6.07) is 0. The number of fused-ring (bicyclic) bond motifs is 5. The highest BCUT2D eigenvalue weighted by Crippen LogP contribution is 2.64. The monoisotopic (exact) mass is 448 g/mol. The van der Waals surface area contributed by atoms with Gasteiger partial charge in [0.25, 0.3) is 0 Å². The molecule has 13 atom stereocenters. The third kappa shape index (κ3) is 4.07. The van der Waals surface area contributed by atoms with E-state index in [1.165, 1.54) is 0 Å². The number of aliphatic hydroxyl groups excluding tert-OH is 3. The minimum atomic E-state index is -0.766. The van der Waals surface area contributed by atoms with E-state index in [1.807, 2.05) is 13.0 Å². The topological polar surface area (TPSA) is 98.0 Å². The van der Waals surface area contributed by atoms with E-state index in [4.69, 9.17) is 0 Å². The molecule has 0 aromatic heterocycles. The van der Waals surface area contributed by atoms with E-state index in [-0.39, 0.29) is 47.4 Å². The van der Waals surface area contributed by atoms with Gasteiger partial charge in [0.1, 0.15) is 0 Å². The molecule has 0 heterocycles. The van der Waals surface area contributed by atoms with Crippen LogP contribution in [0.1, 0.15) is 72.6 Å². The van der Waals surface area contributed by atoms with Crippen molar-refractivity contribution in [1.82, 2.24) is 0 Å². The van der Waals surface area contributed by atoms with Gasteiger partial charge in [-0.3, -0.25) is 4.79 Å². The molecule has 5 heteroatoms. The summed E-state index contributed by atoms with van der Waals surface area (Å²) in [6.07, 6.45) is 9.63. The molecule has 182 valence electrons. The quantitative estimate of drug-likeness (QED) is 0.475. The van der Waals surface area contributed by atoms with Crippen LogP contribution in [-0.4, -0.2) is 44.7 Å². The van der Waals surface area contributed by atoms with E-state index in [0.717, 1.165) is 44.9 Å². The first-order valence-electron chi connectivity index (χ1n) is 13.0. The van der Waals surface area contributed by atoms with Crippen molar-refractivity contribution < 1.29 is 25.2 Å². The Balaban J connectivity index is 1.51. The van der Waals surface area contributed by atoms with Crippen molar-refractivity contribution in [3.63, 3.8) is 0 Å².